The Hall–Kier alpha value is -0.160. The summed E-state index contributed by atoms with van der Waals surface area (Å²) in [5.41, 5.74) is 0. The van der Waals surface area contributed by atoms with Crippen molar-refractivity contribution in [2.45, 2.75) is 11.4 Å². The first kappa shape index (κ1) is 7.84. The molecular formula is C3H6BrNO3. The van der Waals surface area contributed by atoms with Crippen molar-refractivity contribution in [1.82, 2.24) is 0 Å². The van der Waals surface area contributed by atoms with Gasteiger partial charge < -0.3 is 5.11 Å². The number of aliphatic hydroxyl groups is 1. The van der Waals surface area contributed by atoms with Gasteiger partial charge in [-0.25, -0.2) is 0 Å². The molecule has 0 aliphatic heterocycles. The molecule has 8 heavy (non-hydrogen) atoms. The summed E-state index contributed by atoms with van der Waals surface area (Å²) < 4.78 is -1.37. The number of hydrogen-bond acceptors (Lipinski definition) is 3. The Morgan fingerprint density at radius 1 is 2.00 bits per heavy atom. The van der Waals surface area contributed by atoms with Crippen molar-refractivity contribution in [2.75, 3.05) is 6.61 Å². The zero-order valence-electron chi connectivity index (χ0n) is 4.30. The van der Waals surface area contributed by atoms with Crippen molar-refractivity contribution in [3.63, 3.8) is 0 Å². The quantitative estimate of drug-likeness (QED) is 0.291. The first-order valence-corrected chi connectivity index (χ1v) is 2.74. The first-order valence-electron chi connectivity index (χ1n) is 1.95. The Balaban J connectivity index is 3.91. The van der Waals surface area contributed by atoms with Crippen LogP contribution >= 0.6 is 15.9 Å². The molecule has 0 heterocycles. The van der Waals surface area contributed by atoms with Gasteiger partial charge in [0.1, 0.15) is 6.61 Å². The smallest absolute Gasteiger partial charge is 0.294 e. The number of alkyl halides is 1. The summed E-state index contributed by atoms with van der Waals surface area (Å²) in [6, 6.07) is 0. The van der Waals surface area contributed by atoms with Gasteiger partial charge in [-0.3, -0.25) is 10.1 Å². The largest absolute Gasteiger partial charge is 0.388 e. The first-order chi connectivity index (χ1) is 3.50. The van der Waals surface area contributed by atoms with E-state index in [1.807, 2.05) is 0 Å². The van der Waals surface area contributed by atoms with Crippen LogP contribution in [0.4, 0.5) is 0 Å². The fourth-order valence-corrected chi connectivity index (χ4v) is 0.0577. The van der Waals surface area contributed by atoms with Crippen molar-refractivity contribution in [3.05, 3.63) is 10.1 Å². The van der Waals surface area contributed by atoms with Gasteiger partial charge in [0, 0.05) is 27.8 Å². The fraction of sp³-hybridized carbons (Fsp3) is 1.00. The third kappa shape index (κ3) is 1.75. The number of halogens is 1. The molecule has 0 aromatic heterocycles. The third-order valence-corrected chi connectivity index (χ3v) is 1.21. The molecule has 0 bridgehead atoms. The average molecular weight is 184 g/mol. The van der Waals surface area contributed by atoms with Gasteiger partial charge in [0.15, 0.2) is 0 Å². The van der Waals surface area contributed by atoms with Gasteiger partial charge in [-0.15, -0.1) is 0 Å². The minimum absolute atomic E-state index is 0.500. The highest BCUT2D eigenvalue weighted by Crippen LogP contribution is 2.15. The molecule has 48 valence electrons. The zero-order valence-corrected chi connectivity index (χ0v) is 5.88. The summed E-state index contributed by atoms with van der Waals surface area (Å²) in [5.74, 6) is 0. The van der Waals surface area contributed by atoms with Crippen LogP contribution in [0.15, 0.2) is 0 Å². The number of aliphatic hydroxyl groups excluding tert-OH is 1. The molecule has 0 fully saturated rings. The van der Waals surface area contributed by atoms with E-state index in [-0.39, 0.29) is 0 Å². The Morgan fingerprint density at radius 3 is 2.38 bits per heavy atom. The molecule has 0 unspecified atom stereocenters. The van der Waals surface area contributed by atoms with E-state index < -0.39 is 16.0 Å². The number of nitro groups is 1. The number of rotatable bonds is 2. The monoisotopic (exact) mass is 183 g/mol. The van der Waals surface area contributed by atoms with Crippen molar-refractivity contribution in [1.29, 1.82) is 0 Å². The Kier molecular flexibility index (Phi) is 2.36. The average Bonchev–Trinajstić information content (AvgIpc) is 1.67. The van der Waals surface area contributed by atoms with Crippen LogP contribution in [0.2, 0.25) is 0 Å². The lowest BCUT2D eigenvalue weighted by molar-refractivity contribution is -0.534. The lowest BCUT2D eigenvalue weighted by Gasteiger charge is -2.07. The molecule has 1 N–H and O–H groups in total. The summed E-state index contributed by atoms with van der Waals surface area (Å²) in [6.07, 6.45) is 0. The zero-order chi connectivity index (χ0) is 6.78. The van der Waals surface area contributed by atoms with Gasteiger partial charge in [-0.05, 0) is 0 Å². The molecule has 0 saturated carbocycles. The standard InChI is InChI=1S/C3H6BrNO3/c1-3(4,2-6)5(7)8/h6H,2H2,1H3/t3-/m1/s1. The van der Waals surface area contributed by atoms with Crippen LogP contribution in [0.3, 0.4) is 0 Å². The van der Waals surface area contributed by atoms with E-state index in [0.29, 0.717) is 0 Å². The van der Waals surface area contributed by atoms with Crippen LogP contribution in [-0.4, -0.2) is 21.1 Å². The molecule has 0 spiro atoms. The Bertz CT molecular complexity index is 103. The van der Waals surface area contributed by atoms with Gasteiger partial charge in [0.2, 0.25) is 0 Å². The minimum atomic E-state index is -1.37. The van der Waals surface area contributed by atoms with E-state index in [1.165, 1.54) is 6.92 Å². The van der Waals surface area contributed by atoms with E-state index in [9.17, 15) is 10.1 Å². The van der Waals surface area contributed by atoms with E-state index in [0.717, 1.165) is 0 Å². The molecule has 0 aliphatic rings. The van der Waals surface area contributed by atoms with Crippen LogP contribution in [0.25, 0.3) is 0 Å². The molecule has 0 rings (SSSR count). The molecule has 0 aromatic rings. The Morgan fingerprint density at radius 2 is 2.38 bits per heavy atom. The van der Waals surface area contributed by atoms with E-state index in [1.54, 1.807) is 0 Å². The second kappa shape index (κ2) is 2.41. The van der Waals surface area contributed by atoms with Gasteiger partial charge in [-0.1, -0.05) is 0 Å². The second-order valence-corrected chi connectivity index (χ2v) is 3.27. The number of nitrogens with zero attached hydrogens (tertiary/aromatic N) is 1. The Labute approximate surface area is 54.8 Å². The highest BCUT2D eigenvalue weighted by molar-refractivity contribution is 9.10. The third-order valence-electron chi connectivity index (χ3n) is 0.669. The van der Waals surface area contributed by atoms with Crippen molar-refractivity contribution >= 4 is 15.9 Å². The van der Waals surface area contributed by atoms with Crippen LogP contribution < -0.4 is 0 Å². The highest BCUT2D eigenvalue weighted by Gasteiger charge is 2.31. The van der Waals surface area contributed by atoms with Crippen molar-refractivity contribution in [2.24, 2.45) is 0 Å². The fourth-order valence-electron chi connectivity index (χ4n) is 0.0577. The predicted octanol–water partition coefficient (Wildman–Crippen LogP) is 0.366. The summed E-state index contributed by atoms with van der Waals surface area (Å²) >= 11 is 2.70. The van der Waals surface area contributed by atoms with Gasteiger partial charge in [-0.2, -0.15) is 0 Å². The molecule has 0 amide bonds. The van der Waals surface area contributed by atoms with Crippen LogP contribution in [-0.2, 0) is 0 Å². The summed E-state index contributed by atoms with van der Waals surface area (Å²) in [7, 11) is 0. The predicted molar refractivity (Wildman–Crippen MR) is 31.4 cm³/mol. The van der Waals surface area contributed by atoms with Crippen molar-refractivity contribution < 1.29 is 10.0 Å². The molecule has 1 atom stereocenters. The molecule has 0 aromatic carbocycles. The van der Waals surface area contributed by atoms with E-state index in [2.05, 4.69) is 15.9 Å². The summed E-state index contributed by atoms with van der Waals surface area (Å²) in [5, 5.41) is 18.1. The minimum Gasteiger partial charge on any atom is -0.388 e. The van der Waals surface area contributed by atoms with Crippen LogP contribution in [0, 0.1) is 10.1 Å². The molecule has 0 aliphatic carbocycles. The SMILES string of the molecule is C[C@](Br)(CO)[N+](=O)[O-]. The lowest BCUT2D eigenvalue weighted by Crippen LogP contribution is -2.31. The maximum atomic E-state index is 9.85. The van der Waals surface area contributed by atoms with Gasteiger partial charge >= 0.3 is 0 Å². The van der Waals surface area contributed by atoms with Gasteiger partial charge in [0.25, 0.3) is 4.45 Å². The molecule has 0 saturated heterocycles. The second-order valence-electron chi connectivity index (χ2n) is 1.56. The molecule has 5 heteroatoms. The summed E-state index contributed by atoms with van der Waals surface area (Å²) in [6.45, 7) is 0.785. The van der Waals surface area contributed by atoms with E-state index in [4.69, 9.17) is 5.11 Å². The molecule has 4 nitrogen and oxygen atoms in total. The molecular weight excluding hydrogens is 178 g/mol. The topological polar surface area (TPSA) is 63.4 Å². The lowest BCUT2D eigenvalue weighted by atomic mass is 10.4. The van der Waals surface area contributed by atoms with Gasteiger partial charge in [0.05, 0.1) is 0 Å². The summed E-state index contributed by atoms with van der Waals surface area (Å²) in [4.78, 5) is 9.26. The van der Waals surface area contributed by atoms with Crippen LogP contribution in [0.1, 0.15) is 6.92 Å². The van der Waals surface area contributed by atoms with E-state index >= 15 is 0 Å². The maximum Gasteiger partial charge on any atom is 0.294 e. The molecule has 0 radical (unpaired) electrons. The maximum absolute atomic E-state index is 9.85. The van der Waals surface area contributed by atoms with Crippen LogP contribution in [0.5, 0.6) is 0 Å². The number of hydrogen-bond donors (Lipinski definition) is 1. The highest BCUT2D eigenvalue weighted by atomic mass is 79.9. The normalized spacial score (nSPS) is 17.4. The van der Waals surface area contributed by atoms with Crippen molar-refractivity contribution in [3.8, 4) is 0 Å².